The van der Waals surface area contributed by atoms with Gasteiger partial charge in [-0.3, -0.25) is 14.2 Å². The molecule has 1 aromatic heterocycles. The van der Waals surface area contributed by atoms with E-state index in [4.69, 9.17) is 0 Å². The molecule has 3 rings (SSSR count). The van der Waals surface area contributed by atoms with Gasteiger partial charge in [-0.05, 0) is 50.6 Å². The normalized spacial score (nSPS) is 12.1. The van der Waals surface area contributed by atoms with Gasteiger partial charge in [0.25, 0.3) is 11.5 Å². The largest absolute Gasteiger partial charge is 0.349 e. The van der Waals surface area contributed by atoms with Crippen LogP contribution in [0.1, 0.15) is 29.8 Å². The lowest BCUT2D eigenvalue weighted by Gasteiger charge is -2.15. The number of aromatic amines is 1. The highest BCUT2D eigenvalue weighted by atomic mass is 19.1. The number of carbonyl (C=O) groups excluding carboxylic acids is 1. The zero-order chi connectivity index (χ0) is 20.4. The number of halogens is 2. The molecule has 0 bridgehead atoms. The Morgan fingerprint density at radius 2 is 1.86 bits per heavy atom. The Hall–Kier alpha value is -3.29. The van der Waals surface area contributed by atoms with Gasteiger partial charge in [0.1, 0.15) is 11.6 Å². The van der Waals surface area contributed by atoms with Crippen molar-refractivity contribution in [1.29, 1.82) is 0 Å². The van der Waals surface area contributed by atoms with Gasteiger partial charge < -0.3 is 10.3 Å². The minimum Gasteiger partial charge on any atom is -0.349 e. The number of aromatic nitrogens is 2. The smallest absolute Gasteiger partial charge is 0.328 e. The van der Waals surface area contributed by atoms with Gasteiger partial charge in [-0.1, -0.05) is 6.07 Å². The van der Waals surface area contributed by atoms with Crippen LogP contribution in [0.5, 0.6) is 0 Å². The van der Waals surface area contributed by atoms with E-state index in [0.29, 0.717) is 5.39 Å². The fraction of sp³-hybridized carbons (Fsp3) is 0.250. The third-order valence-corrected chi connectivity index (χ3v) is 4.51. The number of fused-ring (bicyclic) bond motifs is 1. The molecule has 0 saturated carbocycles. The third-order valence-electron chi connectivity index (χ3n) is 4.51. The minimum absolute atomic E-state index is 0.0180. The summed E-state index contributed by atoms with van der Waals surface area (Å²) in [4.78, 5) is 39.3. The maximum absolute atomic E-state index is 13.8. The summed E-state index contributed by atoms with van der Waals surface area (Å²) in [5, 5.41) is 2.96. The molecule has 0 radical (unpaired) electrons. The van der Waals surface area contributed by atoms with E-state index in [9.17, 15) is 23.2 Å². The highest BCUT2D eigenvalue weighted by Crippen LogP contribution is 2.15. The van der Waals surface area contributed by atoms with E-state index < -0.39 is 34.8 Å². The Balaban J connectivity index is 1.83. The number of hydrogen-bond donors (Lipinski definition) is 2. The molecule has 0 aliphatic rings. The molecule has 8 heteroatoms. The summed E-state index contributed by atoms with van der Waals surface area (Å²) in [7, 11) is 0. The van der Waals surface area contributed by atoms with E-state index in [1.54, 1.807) is 13.8 Å². The van der Waals surface area contributed by atoms with E-state index in [1.807, 2.05) is 0 Å². The van der Waals surface area contributed by atoms with Gasteiger partial charge in [-0.25, -0.2) is 13.6 Å². The molecule has 0 fully saturated rings. The van der Waals surface area contributed by atoms with Crippen molar-refractivity contribution in [3.05, 3.63) is 80.0 Å². The summed E-state index contributed by atoms with van der Waals surface area (Å²) in [6.07, 6.45) is -0.0180. The van der Waals surface area contributed by atoms with Crippen molar-refractivity contribution in [3.8, 4) is 0 Å². The Labute approximate surface area is 158 Å². The highest BCUT2D eigenvalue weighted by Gasteiger charge is 2.16. The number of rotatable bonds is 5. The van der Waals surface area contributed by atoms with E-state index >= 15 is 0 Å². The average molecular weight is 387 g/mol. The lowest BCUT2D eigenvalue weighted by Crippen LogP contribution is -2.35. The molecular weight excluding hydrogens is 368 g/mol. The SMILES string of the molecule is CCn1c(=O)[nH]c2cc(C(=O)NC(C)Cc3c(F)cccc3F)ccc2c1=O. The Bertz CT molecular complexity index is 1150. The zero-order valence-electron chi connectivity index (χ0n) is 15.4. The summed E-state index contributed by atoms with van der Waals surface area (Å²) < 4.78 is 28.6. The molecule has 6 nitrogen and oxygen atoms in total. The first kappa shape index (κ1) is 19.5. The number of H-pyrrole nitrogens is 1. The van der Waals surface area contributed by atoms with Crippen LogP contribution >= 0.6 is 0 Å². The molecule has 1 unspecified atom stereocenters. The summed E-state index contributed by atoms with van der Waals surface area (Å²) in [6.45, 7) is 3.55. The van der Waals surface area contributed by atoms with Gasteiger partial charge in [0, 0.05) is 23.7 Å². The van der Waals surface area contributed by atoms with Crippen molar-refractivity contribution in [2.75, 3.05) is 0 Å². The number of benzene rings is 2. The van der Waals surface area contributed by atoms with Crippen molar-refractivity contribution in [2.24, 2.45) is 0 Å². The predicted octanol–water partition coefficient (Wildman–Crippen LogP) is 2.35. The summed E-state index contributed by atoms with van der Waals surface area (Å²) >= 11 is 0. The van der Waals surface area contributed by atoms with Gasteiger partial charge in [0.05, 0.1) is 10.9 Å². The van der Waals surface area contributed by atoms with Crippen LogP contribution in [-0.2, 0) is 13.0 Å². The van der Waals surface area contributed by atoms with Gasteiger partial charge >= 0.3 is 5.69 Å². The number of hydrogen-bond acceptors (Lipinski definition) is 3. The quantitative estimate of drug-likeness (QED) is 0.705. The standard InChI is InChI=1S/C20H19F2N3O3/c1-3-25-19(27)13-8-7-12(10-17(13)24-20(25)28)18(26)23-11(2)9-14-15(21)5-4-6-16(14)22/h4-8,10-11H,3,9H2,1-2H3,(H,23,26)(H,24,28). The van der Waals surface area contributed by atoms with Crippen molar-refractivity contribution in [3.63, 3.8) is 0 Å². The molecule has 146 valence electrons. The van der Waals surface area contributed by atoms with Crippen molar-refractivity contribution in [2.45, 2.75) is 32.9 Å². The second-order valence-electron chi connectivity index (χ2n) is 6.52. The monoisotopic (exact) mass is 387 g/mol. The Morgan fingerprint density at radius 1 is 1.18 bits per heavy atom. The van der Waals surface area contributed by atoms with Crippen LogP contribution in [0.15, 0.2) is 46.0 Å². The lowest BCUT2D eigenvalue weighted by molar-refractivity contribution is 0.0939. The first-order valence-electron chi connectivity index (χ1n) is 8.82. The van der Waals surface area contributed by atoms with Gasteiger partial charge in [0.2, 0.25) is 0 Å². The van der Waals surface area contributed by atoms with Crippen LogP contribution in [0.3, 0.4) is 0 Å². The van der Waals surface area contributed by atoms with E-state index in [1.165, 1.54) is 24.3 Å². The second kappa shape index (κ2) is 7.75. The predicted molar refractivity (Wildman–Crippen MR) is 101 cm³/mol. The van der Waals surface area contributed by atoms with Crippen LogP contribution in [0.4, 0.5) is 8.78 Å². The third kappa shape index (κ3) is 3.71. The summed E-state index contributed by atoms with van der Waals surface area (Å²) in [6, 6.07) is 7.40. The molecule has 1 amide bonds. The van der Waals surface area contributed by atoms with Crippen molar-refractivity contribution < 1.29 is 13.6 Å². The molecule has 3 aromatic rings. The zero-order valence-corrected chi connectivity index (χ0v) is 15.4. The number of nitrogens with zero attached hydrogens (tertiary/aromatic N) is 1. The van der Waals surface area contributed by atoms with Gasteiger partial charge in [-0.15, -0.1) is 0 Å². The average Bonchev–Trinajstić information content (AvgIpc) is 2.64. The fourth-order valence-electron chi connectivity index (χ4n) is 3.07. The Morgan fingerprint density at radius 3 is 2.50 bits per heavy atom. The minimum atomic E-state index is -0.670. The number of amides is 1. The molecule has 0 aliphatic heterocycles. The van der Waals surface area contributed by atoms with Crippen LogP contribution in [0.25, 0.3) is 10.9 Å². The van der Waals surface area contributed by atoms with Crippen LogP contribution < -0.4 is 16.6 Å². The van der Waals surface area contributed by atoms with Crippen molar-refractivity contribution >= 4 is 16.8 Å². The second-order valence-corrected chi connectivity index (χ2v) is 6.52. The number of carbonyl (C=O) groups is 1. The first-order chi connectivity index (χ1) is 13.3. The molecule has 1 heterocycles. The summed E-state index contributed by atoms with van der Waals surface area (Å²) in [5.74, 6) is -1.82. The molecule has 0 saturated heterocycles. The van der Waals surface area contributed by atoms with Crippen molar-refractivity contribution in [1.82, 2.24) is 14.9 Å². The van der Waals surface area contributed by atoms with Gasteiger partial charge in [0.15, 0.2) is 0 Å². The topological polar surface area (TPSA) is 84.0 Å². The molecule has 28 heavy (non-hydrogen) atoms. The molecular formula is C20H19F2N3O3. The lowest BCUT2D eigenvalue weighted by atomic mass is 10.0. The molecule has 1 atom stereocenters. The van der Waals surface area contributed by atoms with Crippen LogP contribution in [0, 0.1) is 11.6 Å². The van der Waals surface area contributed by atoms with E-state index in [2.05, 4.69) is 10.3 Å². The maximum Gasteiger partial charge on any atom is 0.328 e. The van der Waals surface area contributed by atoms with E-state index in [0.717, 1.165) is 16.7 Å². The molecule has 0 aliphatic carbocycles. The van der Waals surface area contributed by atoms with E-state index in [-0.39, 0.29) is 29.6 Å². The first-order valence-corrected chi connectivity index (χ1v) is 8.82. The van der Waals surface area contributed by atoms with Crippen LogP contribution in [-0.4, -0.2) is 21.5 Å². The molecule has 0 spiro atoms. The molecule has 2 aromatic carbocycles. The Kier molecular flexibility index (Phi) is 5.39. The summed E-state index contributed by atoms with van der Waals surface area (Å²) in [5.41, 5.74) is -0.617. The fourth-order valence-corrected chi connectivity index (χ4v) is 3.07. The number of nitrogens with one attached hydrogen (secondary N) is 2. The maximum atomic E-state index is 13.8. The highest BCUT2D eigenvalue weighted by molar-refractivity contribution is 5.97. The van der Waals surface area contributed by atoms with Crippen LogP contribution in [0.2, 0.25) is 0 Å². The van der Waals surface area contributed by atoms with Gasteiger partial charge in [-0.2, -0.15) is 0 Å². The molecule has 2 N–H and O–H groups in total.